The van der Waals surface area contributed by atoms with Crippen molar-refractivity contribution in [2.75, 3.05) is 12.0 Å². The zero-order valence-corrected chi connectivity index (χ0v) is 19.6. The molecule has 1 N–H and O–H groups in total. The van der Waals surface area contributed by atoms with Crippen molar-refractivity contribution in [3.05, 3.63) is 70.8 Å². The van der Waals surface area contributed by atoms with Crippen molar-refractivity contribution in [1.82, 2.24) is 0 Å². The van der Waals surface area contributed by atoms with E-state index in [0.29, 0.717) is 13.0 Å². The third-order valence-electron chi connectivity index (χ3n) is 6.33. The van der Waals surface area contributed by atoms with Gasteiger partial charge in [-0.3, -0.25) is 9.59 Å². The molecule has 3 aromatic carbocycles. The summed E-state index contributed by atoms with van der Waals surface area (Å²) in [4.78, 5) is 26.8. The van der Waals surface area contributed by atoms with Crippen LogP contribution in [0.15, 0.2) is 48.5 Å². The molecule has 1 heterocycles. The molecule has 0 saturated heterocycles. The number of benzene rings is 3. The molecule has 170 valence electrons. The summed E-state index contributed by atoms with van der Waals surface area (Å²) in [6.45, 7) is 6.40. The number of methoxy groups -OCH3 is 1. The van der Waals surface area contributed by atoms with E-state index in [0.717, 1.165) is 62.4 Å². The van der Waals surface area contributed by atoms with Crippen LogP contribution in [-0.2, 0) is 22.6 Å². The van der Waals surface area contributed by atoms with Crippen molar-refractivity contribution in [3.63, 3.8) is 0 Å². The summed E-state index contributed by atoms with van der Waals surface area (Å²) in [6.07, 6.45) is 1.08. The highest BCUT2D eigenvalue weighted by molar-refractivity contribution is 6.03. The van der Waals surface area contributed by atoms with Crippen LogP contribution in [0.1, 0.15) is 42.0 Å². The number of carbonyl (C=O) groups excluding carboxylic acids is 1. The van der Waals surface area contributed by atoms with E-state index < -0.39 is 5.97 Å². The van der Waals surface area contributed by atoms with Crippen molar-refractivity contribution in [1.29, 1.82) is 0 Å². The SMILES string of the molecule is CCCC(=O)N1Cc2cc(OC)ccc2-c2cc(-c3ccc(C)cc3)c(CC(=O)O)c(C)c21. The Balaban J connectivity index is 2.03. The fraction of sp³-hybridized carbons (Fsp3) is 0.286. The normalized spacial score (nSPS) is 12.2. The fourth-order valence-electron chi connectivity index (χ4n) is 4.67. The first-order valence-corrected chi connectivity index (χ1v) is 11.3. The summed E-state index contributed by atoms with van der Waals surface area (Å²) in [6, 6.07) is 16.1. The largest absolute Gasteiger partial charge is 0.497 e. The standard InChI is InChI=1S/C28H29NO4/c1-5-6-26(30)29-16-20-13-21(33-4)11-12-22(20)25-14-24(19-9-7-17(2)8-10-19)23(15-27(31)32)18(3)28(25)29/h7-14H,5-6,15-16H2,1-4H3,(H,31,32). The second-order valence-electron chi connectivity index (χ2n) is 8.61. The summed E-state index contributed by atoms with van der Waals surface area (Å²) in [7, 11) is 1.64. The van der Waals surface area contributed by atoms with Crippen LogP contribution in [0.2, 0.25) is 0 Å². The van der Waals surface area contributed by atoms with Gasteiger partial charge in [-0.05, 0) is 71.8 Å². The Bertz CT molecular complexity index is 1230. The Kier molecular flexibility index (Phi) is 6.23. The number of hydrogen-bond donors (Lipinski definition) is 1. The predicted octanol–water partition coefficient (Wildman–Crippen LogP) is 5.92. The van der Waals surface area contributed by atoms with E-state index in [1.807, 2.05) is 68.1 Å². The summed E-state index contributed by atoms with van der Waals surface area (Å²) in [5.41, 5.74) is 8.42. The lowest BCUT2D eigenvalue weighted by molar-refractivity contribution is -0.136. The van der Waals surface area contributed by atoms with E-state index >= 15 is 0 Å². The molecule has 1 aliphatic rings. The predicted molar refractivity (Wildman–Crippen MR) is 131 cm³/mol. The number of hydrogen-bond acceptors (Lipinski definition) is 3. The maximum Gasteiger partial charge on any atom is 0.307 e. The first kappa shape index (κ1) is 22.6. The van der Waals surface area contributed by atoms with Crippen LogP contribution in [0.25, 0.3) is 22.3 Å². The number of carboxylic acids is 1. The third-order valence-corrected chi connectivity index (χ3v) is 6.33. The van der Waals surface area contributed by atoms with Crippen molar-refractivity contribution >= 4 is 17.6 Å². The number of carboxylic acid groups (broad SMARTS) is 1. The third kappa shape index (κ3) is 4.23. The monoisotopic (exact) mass is 443 g/mol. The highest BCUT2D eigenvalue weighted by atomic mass is 16.5. The van der Waals surface area contributed by atoms with Crippen LogP contribution in [0.5, 0.6) is 5.75 Å². The lowest BCUT2D eigenvalue weighted by Crippen LogP contribution is -2.34. The molecule has 0 unspecified atom stereocenters. The number of carbonyl (C=O) groups is 2. The number of aryl methyl sites for hydroxylation is 1. The molecule has 0 bridgehead atoms. The van der Waals surface area contributed by atoms with E-state index in [-0.39, 0.29) is 12.3 Å². The van der Waals surface area contributed by atoms with Crippen molar-refractivity contribution in [2.24, 2.45) is 0 Å². The molecule has 1 aliphatic heterocycles. The minimum absolute atomic E-state index is 0.0414. The van der Waals surface area contributed by atoms with Gasteiger partial charge in [-0.15, -0.1) is 0 Å². The maximum absolute atomic E-state index is 13.2. The molecule has 1 amide bonds. The first-order valence-electron chi connectivity index (χ1n) is 11.3. The van der Waals surface area contributed by atoms with Crippen LogP contribution in [0.4, 0.5) is 5.69 Å². The number of fused-ring (bicyclic) bond motifs is 3. The topological polar surface area (TPSA) is 66.8 Å². The average molecular weight is 444 g/mol. The van der Waals surface area contributed by atoms with E-state index in [1.165, 1.54) is 0 Å². The van der Waals surface area contributed by atoms with E-state index in [9.17, 15) is 14.7 Å². The number of ether oxygens (including phenoxy) is 1. The van der Waals surface area contributed by atoms with Crippen LogP contribution < -0.4 is 9.64 Å². The number of nitrogens with zero attached hydrogens (tertiary/aromatic N) is 1. The summed E-state index contributed by atoms with van der Waals surface area (Å²) in [5, 5.41) is 9.69. The van der Waals surface area contributed by atoms with E-state index in [4.69, 9.17) is 4.74 Å². The Morgan fingerprint density at radius 3 is 2.36 bits per heavy atom. The second-order valence-corrected chi connectivity index (χ2v) is 8.61. The quantitative estimate of drug-likeness (QED) is 0.514. The Morgan fingerprint density at radius 1 is 1.00 bits per heavy atom. The molecule has 3 aromatic rings. The van der Waals surface area contributed by atoms with Gasteiger partial charge in [0.15, 0.2) is 0 Å². The molecule has 0 radical (unpaired) electrons. The fourth-order valence-corrected chi connectivity index (χ4v) is 4.67. The summed E-state index contributed by atoms with van der Waals surface area (Å²) >= 11 is 0. The minimum Gasteiger partial charge on any atom is -0.497 e. The van der Waals surface area contributed by atoms with Crippen molar-refractivity contribution in [2.45, 2.75) is 46.6 Å². The average Bonchev–Trinajstić information content (AvgIpc) is 2.80. The molecule has 0 aromatic heterocycles. The zero-order valence-electron chi connectivity index (χ0n) is 19.6. The number of rotatable bonds is 6. The van der Waals surface area contributed by atoms with Gasteiger partial charge < -0.3 is 14.7 Å². The van der Waals surface area contributed by atoms with Gasteiger partial charge in [-0.1, -0.05) is 42.8 Å². The molecule has 0 saturated carbocycles. The van der Waals surface area contributed by atoms with Crippen LogP contribution >= 0.6 is 0 Å². The second kappa shape index (κ2) is 9.10. The van der Waals surface area contributed by atoms with Crippen LogP contribution in [0, 0.1) is 13.8 Å². The molecule has 0 spiro atoms. The van der Waals surface area contributed by atoms with Crippen LogP contribution in [0.3, 0.4) is 0 Å². The lowest BCUT2D eigenvalue weighted by Gasteiger charge is -2.34. The van der Waals surface area contributed by atoms with Crippen LogP contribution in [-0.4, -0.2) is 24.1 Å². The Hall–Kier alpha value is -3.60. The number of anilines is 1. The van der Waals surface area contributed by atoms with Gasteiger partial charge in [0.2, 0.25) is 5.91 Å². The van der Waals surface area contributed by atoms with Gasteiger partial charge in [0.05, 0.1) is 25.8 Å². The molecule has 33 heavy (non-hydrogen) atoms. The van der Waals surface area contributed by atoms with Gasteiger partial charge in [0.1, 0.15) is 5.75 Å². The number of amides is 1. The van der Waals surface area contributed by atoms with Crippen molar-refractivity contribution < 1.29 is 19.4 Å². The molecule has 5 nitrogen and oxygen atoms in total. The number of aliphatic carboxylic acids is 1. The van der Waals surface area contributed by atoms with Crippen molar-refractivity contribution in [3.8, 4) is 28.0 Å². The Labute approximate surface area is 194 Å². The minimum atomic E-state index is -0.890. The molecular weight excluding hydrogens is 414 g/mol. The smallest absolute Gasteiger partial charge is 0.307 e. The van der Waals surface area contributed by atoms with Gasteiger partial charge in [0.25, 0.3) is 0 Å². The van der Waals surface area contributed by atoms with E-state index in [2.05, 4.69) is 6.07 Å². The summed E-state index contributed by atoms with van der Waals surface area (Å²) < 4.78 is 5.43. The first-order chi connectivity index (χ1) is 15.8. The van der Waals surface area contributed by atoms with Gasteiger partial charge in [0, 0.05) is 12.0 Å². The van der Waals surface area contributed by atoms with Gasteiger partial charge in [-0.25, -0.2) is 0 Å². The molecule has 4 rings (SSSR count). The highest BCUT2D eigenvalue weighted by Crippen LogP contribution is 2.46. The molecule has 0 aliphatic carbocycles. The van der Waals surface area contributed by atoms with Gasteiger partial charge >= 0.3 is 5.97 Å². The molecular formula is C28H29NO4. The van der Waals surface area contributed by atoms with E-state index in [1.54, 1.807) is 7.11 Å². The summed E-state index contributed by atoms with van der Waals surface area (Å²) in [5.74, 6) is -0.100. The maximum atomic E-state index is 13.2. The zero-order chi connectivity index (χ0) is 23.7. The molecule has 5 heteroatoms. The highest BCUT2D eigenvalue weighted by Gasteiger charge is 2.30. The Morgan fingerprint density at radius 2 is 1.73 bits per heavy atom. The molecule has 0 fully saturated rings. The molecule has 0 atom stereocenters. The lowest BCUT2D eigenvalue weighted by atomic mass is 9.84. The van der Waals surface area contributed by atoms with Gasteiger partial charge in [-0.2, -0.15) is 0 Å².